The average Bonchev–Trinajstić information content (AvgIpc) is 2.74. The van der Waals surface area contributed by atoms with Gasteiger partial charge in [-0.2, -0.15) is 0 Å². The van der Waals surface area contributed by atoms with E-state index in [1.165, 1.54) is 0 Å². The van der Waals surface area contributed by atoms with Crippen LogP contribution >= 0.6 is 0 Å². The Morgan fingerprint density at radius 3 is 2.56 bits per heavy atom. The van der Waals surface area contributed by atoms with E-state index in [0.29, 0.717) is 6.54 Å². The minimum atomic E-state index is -0.530. The van der Waals surface area contributed by atoms with Gasteiger partial charge in [-0.05, 0) is 11.5 Å². The van der Waals surface area contributed by atoms with Crippen LogP contribution in [0.1, 0.15) is 41.5 Å². The van der Waals surface area contributed by atoms with E-state index in [9.17, 15) is 4.79 Å². The molecule has 0 aliphatic carbocycles. The molecule has 2 N–H and O–H groups in total. The van der Waals surface area contributed by atoms with E-state index in [-0.39, 0.29) is 11.6 Å². The average molecular weight is 244 g/mol. The molecular formula is C13H16N4O. The van der Waals surface area contributed by atoms with Gasteiger partial charge in [0.15, 0.2) is 5.69 Å². The molecule has 0 aliphatic rings. The van der Waals surface area contributed by atoms with Crippen LogP contribution in [0.3, 0.4) is 0 Å². The van der Waals surface area contributed by atoms with E-state index in [2.05, 4.69) is 10.3 Å². The first-order valence-corrected chi connectivity index (χ1v) is 5.86. The van der Waals surface area contributed by atoms with Gasteiger partial charge in [-0.15, -0.1) is 5.10 Å². The Hall–Kier alpha value is -2.17. The largest absolute Gasteiger partial charge is 0.364 e. The van der Waals surface area contributed by atoms with Gasteiger partial charge < -0.3 is 5.73 Å². The van der Waals surface area contributed by atoms with Gasteiger partial charge in [0.2, 0.25) is 0 Å². The molecule has 0 spiro atoms. The third kappa shape index (κ3) is 2.40. The van der Waals surface area contributed by atoms with Crippen molar-refractivity contribution in [3.05, 3.63) is 47.3 Å². The molecular weight excluding hydrogens is 228 g/mol. The number of carbonyl (C=O) groups excluding carboxylic acids is 1. The zero-order chi connectivity index (χ0) is 13.1. The Bertz CT molecular complexity index is 545. The van der Waals surface area contributed by atoms with Crippen LogP contribution in [0.15, 0.2) is 30.3 Å². The van der Waals surface area contributed by atoms with Crippen molar-refractivity contribution in [2.45, 2.75) is 26.3 Å². The van der Waals surface area contributed by atoms with E-state index in [1.807, 2.05) is 44.2 Å². The maximum atomic E-state index is 11.3. The van der Waals surface area contributed by atoms with Crippen molar-refractivity contribution in [1.82, 2.24) is 15.0 Å². The number of rotatable bonds is 4. The van der Waals surface area contributed by atoms with Gasteiger partial charge in [0, 0.05) is 0 Å². The molecule has 1 aromatic carbocycles. The molecule has 0 saturated heterocycles. The first kappa shape index (κ1) is 12.3. The lowest BCUT2D eigenvalue weighted by atomic mass is 10.1. The molecule has 0 fully saturated rings. The molecule has 0 saturated carbocycles. The second-order valence-corrected chi connectivity index (χ2v) is 4.49. The topological polar surface area (TPSA) is 73.8 Å². The third-order valence-corrected chi connectivity index (χ3v) is 2.73. The summed E-state index contributed by atoms with van der Waals surface area (Å²) >= 11 is 0. The SMILES string of the molecule is CC(C)c1c(C(N)=O)nnn1Cc1ccccc1. The molecule has 18 heavy (non-hydrogen) atoms. The van der Waals surface area contributed by atoms with E-state index in [1.54, 1.807) is 4.68 Å². The highest BCUT2D eigenvalue weighted by molar-refractivity contribution is 5.91. The number of aromatic nitrogens is 3. The first-order chi connectivity index (χ1) is 8.59. The Morgan fingerprint density at radius 2 is 2.00 bits per heavy atom. The quantitative estimate of drug-likeness (QED) is 0.886. The molecule has 5 nitrogen and oxygen atoms in total. The van der Waals surface area contributed by atoms with Crippen LogP contribution in [0.4, 0.5) is 0 Å². The van der Waals surface area contributed by atoms with Crippen LogP contribution in [-0.4, -0.2) is 20.9 Å². The summed E-state index contributed by atoms with van der Waals surface area (Å²) in [7, 11) is 0. The van der Waals surface area contributed by atoms with Crippen molar-refractivity contribution in [2.24, 2.45) is 5.73 Å². The zero-order valence-electron chi connectivity index (χ0n) is 10.5. The summed E-state index contributed by atoms with van der Waals surface area (Å²) in [6.07, 6.45) is 0. The number of amides is 1. The molecule has 0 radical (unpaired) electrons. The lowest BCUT2D eigenvalue weighted by molar-refractivity contribution is 0.0994. The Balaban J connectivity index is 2.37. The van der Waals surface area contributed by atoms with Crippen LogP contribution in [0.5, 0.6) is 0 Å². The summed E-state index contributed by atoms with van der Waals surface area (Å²) in [5.74, 6) is -0.385. The minimum absolute atomic E-state index is 0.145. The predicted molar refractivity (Wildman–Crippen MR) is 68.2 cm³/mol. The molecule has 2 rings (SSSR count). The first-order valence-electron chi connectivity index (χ1n) is 5.86. The molecule has 1 amide bonds. The van der Waals surface area contributed by atoms with Gasteiger partial charge >= 0.3 is 0 Å². The number of benzene rings is 1. The van der Waals surface area contributed by atoms with Gasteiger partial charge in [0.25, 0.3) is 5.91 Å². The molecule has 5 heteroatoms. The van der Waals surface area contributed by atoms with Crippen molar-refractivity contribution in [3.63, 3.8) is 0 Å². The van der Waals surface area contributed by atoms with Gasteiger partial charge in [0.1, 0.15) is 0 Å². The summed E-state index contributed by atoms with van der Waals surface area (Å²) in [6.45, 7) is 4.58. The predicted octanol–water partition coefficient (Wildman–Crippen LogP) is 1.55. The fraction of sp³-hybridized carbons (Fsp3) is 0.308. The Labute approximate surface area is 106 Å². The van der Waals surface area contributed by atoms with Gasteiger partial charge in [-0.25, -0.2) is 4.68 Å². The number of nitrogens with two attached hydrogens (primary N) is 1. The number of carbonyl (C=O) groups is 1. The third-order valence-electron chi connectivity index (χ3n) is 2.73. The van der Waals surface area contributed by atoms with Crippen molar-refractivity contribution < 1.29 is 4.79 Å². The highest BCUT2D eigenvalue weighted by Crippen LogP contribution is 2.18. The van der Waals surface area contributed by atoms with Crippen LogP contribution in [-0.2, 0) is 6.54 Å². The zero-order valence-corrected chi connectivity index (χ0v) is 10.5. The normalized spacial score (nSPS) is 10.8. The fourth-order valence-corrected chi connectivity index (χ4v) is 1.94. The lowest BCUT2D eigenvalue weighted by Crippen LogP contribution is -2.16. The molecule has 1 aromatic heterocycles. The molecule has 2 aromatic rings. The van der Waals surface area contributed by atoms with Crippen molar-refractivity contribution in [1.29, 1.82) is 0 Å². The van der Waals surface area contributed by atoms with Gasteiger partial charge in [0.05, 0.1) is 12.2 Å². The second-order valence-electron chi connectivity index (χ2n) is 4.49. The van der Waals surface area contributed by atoms with Crippen molar-refractivity contribution in [3.8, 4) is 0 Å². The summed E-state index contributed by atoms with van der Waals surface area (Å²) in [4.78, 5) is 11.3. The number of hydrogen-bond acceptors (Lipinski definition) is 3. The molecule has 94 valence electrons. The second kappa shape index (κ2) is 5.00. The van der Waals surface area contributed by atoms with Crippen LogP contribution < -0.4 is 5.73 Å². The fourth-order valence-electron chi connectivity index (χ4n) is 1.94. The minimum Gasteiger partial charge on any atom is -0.364 e. The van der Waals surface area contributed by atoms with E-state index in [0.717, 1.165) is 11.3 Å². The van der Waals surface area contributed by atoms with Crippen LogP contribution in [0.25, 0.3) is 0 Å². The number of primary amides is 1. The van der Waals surface area contributed by atoms with Gasteiger partial charge in [-0.3, -0.25) is 4.79 Å². The van der Waals surface area contributed by atoms with Crippen molar-refractivity contribution >= 4 is 5.91 Å². The van der Waals surface area contributed by atoms with E-state index >= 15 is 0 Å². The highest BCUT2D eigenvalue weighted by Gasteiger charge is 2.19. The van der Waals surface area contributed by atoms with E-state index < -0.39 is 5.91 Å². The summed E-state index contributed by atoms with van der Waals surface area (Å²) in [5, 5.41) is 7.89. The highest BCUT2D eigenvalue weighted by atomic mass is 16.1. The van der Waals surface area contributed by atoms with E-state index in [4.69, 9.17) is 5.73 Å². The summed E-state index contributed by atoms with van der Waals surface area (Å²) in [6, 6.07) is 9.92. The molecule has 1 heterocycles. The van der Waals surface area contributed by atoms with Crippen LogP contribution in [0, 0.1) is 0 Å². The molecule has 0 atom stereocenters. The standard InChI is InChI=1S/C13H16N4O/c1-9(2)12-11(13(14)18)15-16-17(12)8-10-6-4-3-5-7-10/h3-7,9H,8H2,1-2H3,(H2,14,18). The number of hydrogen-bond donors (Lipinski definition) is 1. The maximum Gasteiger partial charge on any atom is 0.271 e. The molecule has 0 aliphatic heterocycles. The molecule has 0 bridgehead atoms. The van der Waals surface area contributed by atoms with Crippen molar-refractivity contribution in [2.75, 3.05) is 0 Å². The lowest BCUT2D eigenvalue weighted by Gasteiger charge is -2.10. The maximum absolute atomic E-state index is 11.3. The Kier molecular flexibility index (Phi) is 3.41. The molecule has 0 unspecified atom stereocenters. The number of nitrogens with zero attached hydrogens (tertiary/aromatic N) is 3. The van der Waals surface area contributed by atoms with Crippen LogP contribution in [0.2, 0.25) is 0 Å². The summed E-state index contributed by atoms with van der Waals surface area (Å²) < 4.78 is 1.74. The summed E-state index contributed by atoms with van der Waals surface area (Å²) in [5.41, 5.74) is 7.46. The van der Waals surface area contributed by atoms with Gasteiger partial charge in [-0.1, -0.05) is 49.4 Å². The monoisotopic (exact) mass is 244 g/mol. The smallest absolute Gasteiger partial charge is 0.271 e. The Morgan fingerprint density at radius 1 is 1.33 bits per heavy atom.